The fourth-order valence-electron chi connectivity index (χ4n) is 3.76. The summed E-state index contributed by atoms with van der Waals surface area (Å²) >= 11 is 4.93. The Bertz CT molecular complexity index is 1380. The summed E-state index contributed by atoms with van der Waals surface area (Å²) < 4.78 is 82.2. The van der Waals surface area contributed by atoms with Gasteiger partial charge in [-0.2, -0.15) is 26.3 Å². The second-order valence-corrected chi connectivity index (χ2v) is 9.43. The minimum Gasteiger partial charge on any atom is -0.425 e. The maximum atomic E-state index is 13.5. The maximum Gasteiger partial charge on any atom is 0.491 e. The summed E-state index contributed by atoms with van der Waals surface area (Å²) in [6.45, 7) is 0.732. The zero-order valence-corrected chi connectivity index (χ0v) is 20.3. The van der Waals surface area contributed by atoms with Gasteiger partial charge in [0.2, 0.25) is 5.72 Å². The molecule has 3 aromatic rings. The topological polar surface area (TPSA) is 62.7 Å². The number of esters is 1. The molecule has 1 saturated heterocycles. The van der Waals surface area contributed by atoms with Crippen molar-refractivity contribution in [3.63, 3.8) is 0 Å². The number of fused-ring (bicyclic) bond motifs is 1. The van der Waals surface area contributed by atoms with Gasteiger partial charge in [-0.1, -0.05) is 30.4 Å². The molecule has 1 aromatic heterocycles. The van der Waals surface area contributed by atoms with Crippen LogP contribution in [-0.2, 0) is 16.1 Å². The Morgan fingerprint density at radius 2 is 1.70 bits per heavy atom. The fraction of sp³-hybridized carbons (Fsp3) is 0.217. The van der Waals surface area contributed by atoms with E-state index in [0.29, 0.717) is 16.5 Å². The highest BCUT2D eigenvalue weighted by molar-refractivity contribution is 8.00. The van der Waals surface area contributed by atoms with Gasteiger partial charge in [0.15, 0.2) is 4.99 Å². The molecule has 0 N–H and O–H groups in total. The number of hydrogen-bond donors (Lipinski definition) is 0. The molecule has 0 aliphatic carbocycles. The van der Waals surface area contributed by atoms with Gasteiger partial charge in [0.25, 0.3) is 0 Å². The van der Waals surface area contributed by atoms with Crippen LogP contribution in [0.1, 0.15) is 12.5 Å². The molecule has 1 atom stereocenters. The van der Waals surface area contributed by atoms with Crippen molar-refractivity contribution in [2.45, 2.75) is 35.8 Å². The first-order chi connectivity index (χ1) is 17.2. The molecule has 0 spiro atoms. The van der Waals surface area contributed by atoms with Gasteiger partial charge in [-0.15, -0.1) is 0 Å². The van der Waals surface area contributed by atoms with Gasteiger partial charge >= 0.3 is 23.7 Å². The lowest BCUT2D eigenvalue weighted by molar-refractivity contribution is -0.215. The van der Waals surface area contributed by atoms with Crippen molar-refractivity contribution >= 4 is 57.6 Å². The predicted octanol–water partition coefficient (Wildman–Crippen LogP) is 6.44. The van der Waals surface area contributed by atoms with Crippen molar-refractivity contribution in [1.29, 1.82) is 0 Å². The first-order valence-electron chi connectivity index (χ1n) is 10.4. The number of aromatic nitrogens is 1. The number of anilines is 1. The molecule has 4 rings (SSSR count). The third-order valence-electron chi connectivity index (χ3n) is 5.46. The lowest BCUT2D eigenvalue weighted by Crippen LogP contribution is -2.51. The molecule has 2 aromatic carbocycles. The van der Waals surface area contributed by atoms with Gasteiger partial charge in [0.1, 0.15) is 0 Å². The van der Waals surface area contributed by atoms with Crippen LogP contribution >= 0.6 is 24.0 Å². The van der Waals surface area contributed by atoms with Crippen molar-refractivity contribution < 1.29 is 40.7 Å². The zero-order valence-electron chi connectivity index (χ0n) is 18.6. The average molecular weight is 560 g/mol. The summed E-state index contributed by atoms with van der Waals surface area (Å²) in [6.07, 6.45) is -3.93. The van der Waals surface area contributed by atoms with Crippen molar-refractivity contribution in [2.24, 2.45) is 0 Å². The van der Waals surface area contributed by atoms with E-state index in [2.05, 4.69) is 4.98 Å². The number of ether oxygens (including phenoxy) is 1. The molecular weight excluding hydrogens is 544 g/mol. The van der Waals surface area contributed by atoms with Gasteiger partial charge in [-0.05, 0) is 53.7 Å². The van der Waals surface area contributed by atoms with Crippen molar-refractivity contribution in [1.82, 2.24) is 9.88 Å². The molecule has 14 heteroatoms. The Kier molecular flexibility index (Phi) is 6.84. The predicted molar refractivity (Wildman–Crippen MR) is 127 cm³/mol. The third-order valence-corrected chi connectivity index (χ3v) is 6.76. The second kappa shape index (κ2) is 9.49. The molecule has 2 amide bonds. The summed E-state index contributed by atoms with van der Waals surface area (Å²) in [5.41, 5.74) is -5.87. The van der Waals surface area contributed by atoms with Crippen molar-refractivity contribution in [2.75, 3.05) is 4.90 Å². The highest BCUT2D eigenvalue weighted by Crippen LogP contribution is 2.40. The number of hydrogen-bond acceptors (Lipinski definition) is 6. The minimum atomic E-state index is -5.37. The largest absolute Gasteiger partial charge is 0.491 e. The zero-order chi connectivity index (χ0) is 27.2. The Balaban J connectivity index is 1.75. The van der Waals surface area contributed by atoms with E-state index in [9.17, 15) is 35.9 Å². The maximum absolute atomic E-state index is 13.5. The Morgan fingerprint density at radius 3 is 2.32 bits per heavy atom. The number of amides is 2. The molecule has 2 heterocycles. The number of thiocarbonyl (C=S) groups is 1. The van der Waals surface area contributed by atoms with Crippen LogP contribution in [0.25, 0.3) is 10.9 Å². The quantitative estimate of drug-likeness (QED) is 0.155. The Morgan fingerprint density at radius 1 is 1.05 bits per heavy atom. The van der Waals surface area contributed by atoms with E-state index in [4.69, 9.17) is 17.0 Å². The molecule has 0 bridgehead atoms. The number of rotatable bonds is 5. The summed E-state index contributed by atoms with van der Waals surface area (Å²) in [6, 6.07) is 12.0. The van der Waals surface area contributed by atoms with Crippen LogP contribution in [0.2, 0.25) is 0 Å². The van der Waals surface area contributed by atoms with Crippen molar-refractivity contribution in [3.05, 3.63) is 66.4 Å². The van der Waals surface area contributed by atoms with Crippen LogP contribution in [-0.4, -0.2) is 44.3 Å². The molecule has 6 nitrogen and oxygen atoms in total. The SMILES string of the molecule is C[C@@]1(OC(=O)C(F)(F)F)C(=S)N(c2ccc(SC(F)(F)F)cc2)C(=O)N1Cc1ccnc2ccccc12. The van der Waals surface area contributed by atoms with E-state index < -0.39 is 34.4 Å². The number of pyridine rings is 1. The number of nitrogens with zero attached hydrogens (tertiary/aromatic N) is 3. The molecule has 0 radical (unpaired) electrons. The summed E-state index contributed by atoms with van der Waals surface area (Å²) in [4.78, 5) is 30.6. The van der Waals surface area contributed by atoms with Crippen LogP contribution in [0.3, 0.4) is 0 Å². The number of halogens is 6. The van der Waals surface area contributed by atoms with Gasteiger partial charge < -0.3 is 4.74 Å². The van der Waals surface area contributed by atoms with Gasteiger partial charge in [-0.25, -0.2) is 9.59 Å². The molecule has 1 aliphatic rings. The number of alkyl halides is 6. The summed E-state index contributed by atoms with van der Waals surface area (Å²) in [5, 5.41) is 0.597. The number of carbonyl (C=O) groups is 2. The second-order valence-electron chi connectivity index (χ2n) is 7.91. The van der Waals surface area contributed by atoms with Crippen LogP contribution in [0.15, 0.2) is 65.7 Å². The van der Waals surface area contributed by atoms with Gasteiger partial charge in [-0.3, -0.25) is 14.8 Å². The molecule has 194 valence electrons. The van der Waals surface area contributed by atoms with E-state index in [1.165, 1.54) is 6.20 Å². The number of thioether (sulfide) groups is 1. The number of urea groups is 1. The molecule has 1 aliphatic heterocycles. The monoisotopic (exact) mass is 559 g/mol. The Hall–Kier alpha value is -3.39. The lowest BCUT2D eigenvalue weighted by atomic mass is 10.1. The van der Waals surface area contributed by atoms with Crippen molar-refractivity contribution in [3.8, 4) is 0 Å². The first kappa shape index (κ1) is 26.7. The molecule has 0 unspecified atom stereocenters. The highest BCUT2D eigenvalue weighted by Gasteiger charge is 2.58. The highest BCUT2D eigenvalue weighted by atomic mass is 32.2. The summed E-state index contributed by atoms with van der Waals surface area (Å²) in [5.74, 6) is -2.56. The van der Waals surface area contributed by atoms with E-state index in [0.717, 1.165) is 41.0 Å². The van der Waals surface area contributed by atoms with E-state index in [1.54, 1.807) is 30.3 Å². The first-order valence-corrected chi connectivity index (χ1v) is 11.6. The van der Waals surface area contributed by atoms with Crippen LogP contribution in [0.4, 0.5) is 36.8 Å². The average Bonchev–Trinajstić information content (AvgIpc) is 2.98. The lowest BCUT2D eigenvalue weighted by Gasteiger charge is -2.33. The molecule has 0 saturated carbocycles. The fourth-order valence-corrected chi connectivity index (χ4v) is 4.63. The van der Waals surface area contributed by atoms with Crippen LogP contribution in [0, 0.1) is 0 Å². The number of para-hydroxylation sites is 1. The number of benzene rings is 2. The molecule has 37 heavy (non-hydrogen) atoms. The molecular formula is C23H15F6N3O3S2. The van der Waals surface area contributed by atoms with E-state index >= 15 is 0 Å². The summed E-state index contributed by atoms with van der Waals surface area (Å²) in [7, 11) is 0. The smallest absolute Gasteiger partial charge is 0.425 e. The van der Waals surface area contributed by atoms with Crippen LogP contribution < -0.4 is 4.90 Å². The Labute approximate surface area is 215 Å². The van der Waals surface area contributed by atoms with Crippen LogP contribution in [0.5, 0.6) is 0 Å². The molecule has 1 fully saturated rings. The minimum absolute atomic E-state index is 0.0158. The normalized spacial score (nSPS) is 18.6. The van der Waals surface area contributed by atoms with E-state index in [1.807, 2.05) is 0 Å². The number of carbonyl (C=O) groups excluding carboxylic acids is 2. The standard InChI is InChI=1S/C23H15F6N3O3S2/c1-21(35-19(33)22(24,25)26)18(36)32(14-6-8-15(9-7-14)37-23(27,28)29)20(34)31(21)12-13-10-11-30-17-5-3-2-4-16(13)17/h2-11H,12H2,1H3/t21-/m1/s1. The third kappa shape index (κ3) is 5.34. The van der Waals surface area contributed by atoms with Gasteiger partial charge in [0, 0.05) is 23.4 Å². The van der Waals surface area contributed by atoms with Gasteiger partial charge in [0.05, 0.1) is 17.7 Å². The van der Waals surface area contributed by atoms with E-state index in [-0.39, 0.29) is 28.9 Å².